The maximum atomic E-state index is 12.3. The summed E-state index contributed by atoms with van der Waals surface area (Å²) in [4.78, 5) is 25.3. The molecule has 0 radical (unpaired) electrons. The van der Waals surface area contributed by atoms with E-state index in [0.29, 0.717) is 13.2 Å². The lowest BCUT2D eigenvalue weighted by Crippen LogP contribution is -2.46. The summed E-state index contributed by atoms with van der Waals surface area (Å²) in [5, 5.41) is 0. The molecule has 0 aliphatic heterocycles. The van der Waals surface area contributed by atoms with Gasteiger partial charge in [-0.1, -0.05) is 13.3 Å². The first-order chi connectivity index (χ1) is 8.47. The Morgan fingerprint density at radius 1 is 1.28 bits per heavy atom. The largest absolute Gasteiger partial charge is 0.465 e. The number of nitrogens with two attached hydrogens (primary N) is 1. The Kier molecular flexibility index (Phi) is 8.37. The van der Waals surface area contributed by atoms with E-state index >= 15 is 0 Å². The van der Waals surface area contributed by atoms with Crippen molar-refractivity contribution in [3.8, 4) is 0 Å². The molecule has 0 aliphatic carbocycles. The van der Waals surface area contributed by atoms with Crippen LogP contribution in [0.4, 0.5) is 0 Å². The Labute approximate surface area is 110 Å². The molecule has 0 aliphatic rings. The Morgan fingerprint density at radius 3 is 2.28 bits per heavy atom. The summed E-state index contributed by atoms with van der Waals surface area (Å²) in [6.45, 7) is 8.19. The van der Waals surface area contributed by atoms with E-state index in [-0.39, 0.29) is 30.4 Å². The van der Waals surface area contributed by atoms with Gasteiger partial charge in [0.15, 0.2) is 0 Å². The summed E-state index contributed by atoms with van der Waals surface area (Å²) < 4.78 is 4.88. The number of hydrogen-bond acceptors (Lipinski definition) is 4. The highest BCUT2D eigenvalue weighted by Gasteiger charge is 2.26. The monoisotopic (exact) mass is 258 g/mol. The standard InChI is InChI=1S/C13H26N2O3/c1-5-7-11(8-14)13(17)15(10(3)4)9-12(16)18-6-2/h10-11H,5-9,14H2,1-4H3. The quantitative estimate of drug-likeness (QED) is 0.663. The molecule has 0 bridgehead atoms. The van der Waals surface area contributed by atoms with Crippen LogP contribution in [-0.2, 0) is 14.3 Å². The van der Waals surface area contributed by atoms with Crippen LogP contribution in [0, 0.1) is 5.92 Å². The van der Waals surface area contributed by atoms with E-state index in [1.165, 1.54) is 0 Å². The summed E-state index contributed by atoms with van der Waals surface area (Å²) in [7, 11) is 0. The average Bonchev–Trinajstić information content (AvgIpc) is 2.32. The SMILES string of the molecule is CCCC(CN)C(=O)N(CC(=O)OCC)C(C)C. The lowest BCUT2D eigenvalue weighted by atomic mass is 10.0. The van der Waals surface area contributed by atoms with Gasteiger partial charge in [0.25, 0.3) is 0 Å². The number of carbonyl (C=O) groups is 2. The molecular weight excluding hydrogens is 232 g/mol. The van der Waals surface area contributed by atoms with Crippen molar-refractivity contribution in [1.29, 1.82) is 0 Å². The number of ether oxygens (including phenoxy) is 1. The van der Waals surface area contributed by atoms with Crippen molar-refractivity contribution in [3.63, 3.8) is 0 Å². The zero-order chi connectivity index (χ0) is 14.1. The predicted molar refractivity (Wildman–Crippen MR) is 70.9 cm³/mol. The van der Waals surface area contributed by atoms with Crippen molar-refractivity contribution in [2.24, 2.45) is 11.7 Å². The summed E-state index contributed by atoms with van der Waals surface area (Å²) in [5.41, 5.74) is 5.62. The number of amides is 1. The Hall–Kier alpha value is -1.10. The third kappa shape index (κ3) is 5.49. The van der Waals surface area contributed by atoms with E-state index in [2.05, 4.69) is 0 Å². The molecule has 1 amide bonds. The van der Waals surface area contributed by atoms with Crippen molar-refractivity contribution in [3.05, 3.63) is 0 Å². The van der Waals surface area contributed by atoms with Gasteiger partial charge in [0.05, 0.1) is 12.5 Å². The van der Waals surface area contributed by atoms with Gasteiger partial charge in [-0.15, -0.1) is 0 Å². The fourth-order valence-corrected chi connectivity index (χ4v) is 1.79. The second-order valence-electron chi connectivity index (χ2n) is 4.59. The van der Waals surface area contributed by atoms with Crippen molar-refractivity contribution in [2.45, 2.75) is 46.6 Å². The van der Waals surface area contributed by atoms with Gasteiger partial charge in [0.2, 0.25) is 5.91 Å². The van der Waals surface area contributed by atoms with E-state index in [9.17, 15) is 9.59 Å². The van der Waals surface area contributed by atoms with Crippen LogP contribution in [0.2, 0.25) is 0 Å². The predicted octanol–water partition coefficient (Wildman–Crippen LogP) is 1.16. The van der Waals surface area contributed by atoms with Gasteiger partial charge >= 0.3 is 5.97 Å². The second kappa shape index (κ2) is 8.91. The minimum atomic E-state index is -0.369. The molecule has 0 spiro atoms. The lowest BCUT2D eigenvalue weighted by Gasteiger charge is -2.29. The molecule has 1 atom stereocenters. The van der Waals surface area contributed by atoms with Gasteiger partial charge in [-0.3, -0.25) is 9.59 Å². The van der Waals surface area contributed by atoms with E-state index in [4.69, 9.17) is 10.5 Å². The number of rotatable bonds is 8. The van der Waals surface area contributed by atoms with Gasteiger partial charge in [0.1, 0.15) is 6.54 Å². The Bertz CT molecular complexity index is 267. The van der Waals surface area contributed by atoms with Gasteiger partial charge < -0.3 is 15.4 Å². The lowest BCUT2D eigenvalue weighted by molar-refractivity contribution is -0.151. The summed E-state index contributed by atoms with van der Waals surface area (Å²) in [5.74, 6) is -0.624. The molecule has 0 aromatic heterocycles. The van der Waals surface area contributed by atoms with Crippen molar-refractivity contribution >= 4 is 11.9 Å². The second-order valence-corrected chi connectivity index (χ2v) is 4.59. The molecule has 0 saturated carbocycles. The highest BCUT2D eigenvalue weighted by Crippen LogP contribution is 2.12. The van der Waals surface area contributed by atoms with Crippen LogP contribution in [0.3, 0.4) is 0 Å². The van der Waals surface area contributed by atoms with Gasteiger partial charge in [0, 0.05) is 12.6 Å². The van der Waals surface area contributed by atoms with Gasteiger partial charge in [-0.25, -0.2) is 0 Å². The van der Waals surface area contributed by atoms with E-state index < -0.39 is 0 Å². The maximum absolute atomic E-state index is 12.3. The molecule has 0 saturated heterocycles. The first kappa shape index (κ1) is 16.9. The van der Waals surface area contributed by atoms with Gasteiger partial charge in [-0.2, -0.15) is 0 Å². The van der Waals surface area contributed by atoms with Crippen LogP contribution in [0.15, 0.2) is 0 Å². The van der Waals surface area contributed by atoms with Crippen molar-refractivity contribution < 1.29 is 14.3 Å². The zero-order valence-electron chi connectivity index (χ0n) is 11.9. The normalized spacial score (nSPS) is 12.3. The van der Waals surface area contributed by atoms with Crippen LogP contribution in [-0.4, -0.2) is 42.5 Å². The van der Waals surface area contributed by atoms with Crippen LogP contribution >= 0.6 is 0 Å². The number of nitrogens with zero attached hydrogens (tertiary/aromatic N) is 1. The molecule has 0 aromatic rings. The third-order valence-corrected chi connectivity index (χ3v) is 2.78. The Balaban J connectivity index is 4.66. The smallest absolute Gasteiger partial charge is 0.325 e. The maximum Gasteiger partial charge on any atom is 0.325 e. The average molecular weight is 258 g/mol. The Morgan fingerprint density at radius 2 is 1.89 bits per heavy atom. The number of esters is 1. The molecule has 0 heterocycles. The fraction of sp³-hybridized carbons (Fsp3) is 0.846. The van der Waals surface area contributed by atoms with Crippen molar-refractivity contribution in [1.82, 2.24) is 4.90 Å². The van der Waals surface area contributed by atoms with Crippen molar-refractivity contribution in [2.75, 3.05) is 19.7 Å². The minimum absolute atomic E-state index is 0.00452. The van der Waals surface area contributed by atoms with E-state index in [1.54, 1.807) is 11.8 Å². The molecule has 0 fully saturated rings. The van der Waals surface area contributed by atoms with Crippen LogP contribution in [0.5, 0.6) is 0 Å². The van der Waals surface area contributed by atoms with Gasteiger partial charge in [-0.05, 0) is 27.2 Å². The highest BCUT2D eigenvalue weighted by molar-refractivity contribution is 5.84. The summed E-state index contributed by atoms with van der Waals surface area (Å²) >= 11 is 0. The fourth-order valence-electron chi connectivity index (χ4n) is 1.79. The van der Waals surface area contributed by atoms with E-state index in [1.807, 2.05) is 20.8 Å². The molecular formula is C13H26N2O3. The summed E-state index contributed by atoms with van der Waals surface area (Å²) in [6, 6.07) is -0.0344. The molecule has 2 N–H and O–H groups in total. The highest BCUT2D eigenvalue weighted by atomic mass is 16.5. The molecule has 18 heavy (non-hydrogen) atoms. The third-order valence-electron chi connectivity index (χ3n) is 2.78. The minimum Gasteiger partial charge on any atom is -0.465 e. The van der Waals surface area contributed by atoms with Crippen LogP contribution in [0.25, 0.3) is 0 Å². The molecule has 5 nitrogen and oxygen atoms in total. The van der Waals surface area contributed by atoms with Crippen LogP contribution < -0.4 is 5.73 Å². The zero-order valence-corrected chi connectivity index (χ0v) is 11.9. The number of hydrogen-bond donors (Lipinski definition) is 1. The van der Waals surface area contributed by atoms with E-state index in [0.717, 1.165) is 12.8 Å². The molecule has 1 unspecified atom stereocenters. The molecule has 0 rings (SSSR count). The first-order valence-corrected chi connectivity index (χ1v) is 6.63. The summed E-state index contributed by atoms with van der Waals surface area (Å²) in [6.07, 6.45) is 1.65. The molecule has 0 aromatic carbocycles. The number of carbonyl (C=O) groups excluding carboxylic acids is 2. The van der Waals surface area contributed by atoms with Crippen LogP contribution in [0.1, 0.15) is 40.5 Å². The topological polar surface area (TPSA) is 72.6 Å². The molecule has 106 valence electrons. The first-order valence-electron chi connectivity index (χ1n) is 6.63. The molecule has 5 heteroatoms.